The van der Waals surface area contributed by atoms with E-state index in [4.69, 9.17) is 0 Å². The second kappa shape index (κ2) is 12.1. The molecule has 1 aliphatic heterocycles. The Morgan fingerprint density at radius 3 is 2.21 bits per heavy atom. The van der Waals surface area contributed by atoms with Gasteiger partial charge in [0.1, 0.15) is 6.04 Å². The van der Waals surface area contributed by atoms with Crippen LogP contribution in [0.25, 0.3) is 0 Å². The largest absolute Gasteiger partial charge is 0.416 e. The molecule has 2 unspecified atom stereocenters. The highest BCUT2D eigenvalue weighted by Crippen LogP contribution is 2.39. The predicted molar refractivity (Wildman–Crippen MR) is 141 cm³/mol. The minimum atomic E-state index is -5.04. The number of nitrogens with one attached hydrogen (secondary N) is 1. The van der Waals surface area contributed by atoms with Crippen molar-refractivity contribution >= 4 is 11.8 Å². The first-order valence-electron chi connectivity index (χ1n) is 13.2. The molecule has 1 aromatic heterocycles. The fourth-order valence-corrected chi connectivity index (χ4v) is 5.02. The molecule has 0 spiro atoms. The van der Waals surface area contributed by atoms with E-state index in [2.05, 4.69) is 10.3 Å². The number of aryl methyl sites for hydroxylation is 1. The van der Waals surface area contributed by atoms with E-state index >= 15 is 0 Å². The van der Waals surface area contributed by atoms with E-state index in [0.717, 1.165) is 5.56 Å². The fraction of sp³-hybridized carbons (Fsp3) is 0.367. The first-order valence-corrected chi connectivity index (χ1v) is 13.2. The second-order valence-corrected chi connectivity index (χ2v) is 10.5. The van der Waals surface area contributed by atoms with E-state index in [0.29, 0.717) is 29.7 Å². The monoisotopic (exact) mass is 593 g/mol. The van der Waals surface area contributed by atoms with Gasteiger partial charge in [-0.2, -0.15) is 26.3 Å². The van der Waals surface area contributed by atoms with Gasteiger partial charge in [-0.1, -0.05) is 36.8 Å². The number of amides is 2. The number of halogens is 6. The van der Waals surface area contributed by atoms with Crippen LogP contribution in [0.2, 0.25) is 0 Å². The molecule has 0 bridgehead atoms. The number of hydrogen-bond acceptors (Lipinski definition) is 4. The van der Waals surface area contributed by atoms with Crippen molar-refractivity contribution < 1.29 is 41.0 Å². The third kappa shape index (κ3) is 6.75. The van der Waals surface area contributed by atoms with Crippen LogP contribution in [0.4, 0.5) is 26.3 Å². The zero-order chi connectivity index (χ0) is 30.8. The summed E-state index contributed by atoms with van der Waals surface area (Å²) in [7, 11) is 0. The van der Waals surface area contributed by atoms with Gasteiger partial charge in [0.25, 0.3) is 5.91 Å². The Balaban J connectivity index is 1.75. The van der Waals surface area contributed by atoms with Crippen LogP contribution in [0.1, 0.15) is 63.0 Å². The number of benzene rings is 2. The quantitative estimate of drug-likeness (QED) is 0.328. The lowest BCUT2D eigenvalue weighted by molar-refractivity contribution is -0.143. The van der Waals surface area contributed by atoms with Crippen LogP contribution >= 0.6 is 0 Å². The molecule has 0 fully saturated rings. The number of pyridine rings is 1. The Hall–Kier alpha value is -3.93. The molecule has 224 valence electrons. The molecule has 1 aliphatic rings. The Labute approximate surface area is 238 Å². The van der Waals surface area contributed by atoms with Crippen molar-refractivity contribution in [1.82, 2.24) is 15.2 Å². The number of nitrogens with zero attached hydrogens (tertiary/aromatic N) is 2. The average Bonchev–Trinajstić information content (AvgIpc) is 2.94. The lowest BCUT2D eigenvalue weighted by atomic mass is 9.78. The maximum atomic E-state index is 13.9. The van der Waals surface area contributed by atoms with Crippen LogP contribution in [0, 0.1) is 12.8 Å². The molecule has 2 aromatic carbocycles. The van der Waals surface area contributed by atoms with Crippen LogP contribution in [0.5, 0.6) is 0 Å². The van der Waals surface area contributed by atoms with Gasteiger partial charge in [-0.3, -0.25) is 14.6 Å². The molecule has 0 saturated heterocycles. The average molecular weight is 594 g/mol. The van der Waals surface area contributed by atoms with Gasteiger partial charge in [-0.25, -0.2) is 0 Å². The van der Waals surface area contributed by atoms with Gasteiger partial charge in [0.15, 0.2) is 0 Å². The number of aliphatic hydroxyl groups is 1. The lowest BCUT2D eigenvalue weighted by Gasteiger charge is -2.41. The minimum Gasteiger partial charge on any atom is -0.396 e. The lowest BCUT2D eigenvalue weighted by Crippen LogP contribution is -2.56. The van der Waals surface area contributed by atoms with Crippen LogP contribution in [0.15, 0.2) is 60.9 Å². The molecular weight excluding hydrogens is 564 g/mol. The van der Waals surface area contributed by atoms with Crippen molar-refractivity contribution in [3.05, 3.63) is 99.9 Å². The molecule has 0 saturated carbocycles. The summed E-state index contributed by atoms with van der Waals surface area (Å²) < 4.78 is 80.3. The van der Waals surface area contributed by atoms with E-state index < -0.39 is 59.4 Å². The van der Waals surface area contributed by atoms with Crippen LogP contribution < -0.4 is 5.32 Å². The van der Waals surface area contributed by atoms with Crippen LogP contribution in [0.3, 0.4) is 0 Å². The third-order valence-electron chi connectivity index (χ3n) is 7.33. The van der Waals surface area contributed by atoms with Gasteiger partial charge in [-0.15, -0.1) is 0 Å². The topological polar surface area (TPSA) is 82.5 Å². The maximum absolute atomic E-state index is 13.9. The molecule has 6 nitrogen and oxygen atoms in total. The summed E-state index contributed by atoms with van der Waals surface area (Å²) >= 11 is 0. The molecule has 42 heavy (non-hydrogen) atoms. The molecule has 2 heterocycles. The number of alkyl halides is 6. The van der Waals surface area contributed by atoms with E-state index in [1.165, 1.54) is 17.3 Å². The van der Waals surface area contributed by atoms with E-state index in [1.54, 1.807) is 25.1 Å². The molecule has 3 aromatic rings. The summed E-state index contributed by atoms with van der Waals surface area (Å²) in [5.41, 5.74) is -0.967. The molecule has 2 amide bonds. The number of hydrogen-bond donors (Lipinski definition) is 2. The van der Waals surface area contributed by atoms with Crippen LogP contribution in [-0.2, 0) is 23.7 Å². The number of carbonyl (C=O) groups is 2. The highest BCUT2D eigenvalue weighted by Gasteiger charge is 2.44. The minimum absolute atomic E-state index is 0.0214. The van der Waals surface area contributed by atoms with Gasteiger partial charge >= 0.3 is 12.4 Å². The van der Waals surface area contributed by atoms with Crippen molar-refractivity contribution in [3.63, 3.8) is 0 Å². The summed E-state index contributed by atoms with van der Waals surface area (Å²) in [6.45, 7) is 2.92. The van der Waals surface area contributed by atoms with Gasteiger partial charge in [0.05, 0.1) is 16.7 Å². The number of carbonyl (C=O) groups excluding carboxylic acids is 2. The zero-order valence-corrected chi connectivity index (χ0v) is 22.8. The van der Waals surface area contributed by atoms with Crippen LogP contribution in [-0.4, -0.2) is 46.0 Å². The summed E-state index contributed by atoms with van der Waals surface area (Å²) in [5.74, 6) is -2.16. The highest BCUT2D eigenvalue weighted by molar-refractivity contribution is 6.01. The first-order chi connectivity index (χ1) is 19.7. The Bertz CT molecular complexity index is 1410. The van der Waals surface area contributed by atoms with Crippen molar-refractivity contribution in [2.75, 3.05) is 13.2 Å². The second-order valence-electron chi connectivity index (χ2n) is 10.5. The highest BCUT2D eigenvalue weighted by atomic mass is 19.4. The molecule has 3 atom stereocenters. The third-order valence-corrected chi connectivity index (χ3v) is 7.33. The molecule has 12 heteroatoms. The smallest absolute Gasteiger partial charge is 0.396 e. The zero-order valence-electron chi connectivity index (χ0n) is 22.8. The van der Waals surface area contributed by atoms with Crippen molar-refractivity contribution in [1.29, 1.82) is 0 Å². The Kier molecular flexibility index (Phi) is 8.95. The van der Waals surface area contributed by atoms with Gasteiger partial charge in [0, 0.05) is 38.0 Å². The number of rotatable bonds is 8. The van der Waals surface area contributed by atoms with Crippen molar-refractivity contribution in [2.45, 2.75) is 51.1 Å². The van der Waals surface area contributed by atoms with Crippen molar-refractivity contribution in [2.24, 2.45) is 5.92 Å². The molecule has 2 N–H and O–H groups in total. The van der Waals surface area contributed by atoms with E-state index in [-0.39, 0.29) is 30.7 Å². The Morgan fingerprint density at radius 2 is 1.64 bits per heavy atom. The van der Waals surface area contributed by atoms with Gasteiger partial charge in [0.2, 0.25) is 5.91 Å². The molecular formula is C30H29F6N3O3. The Morgan fingerprint density at radius 1 is 1.02 bits per heavy atom. The number of aliphatic hydroxyl groups excluding tert-OH is 1. The number of aromatic nitrogens is 1. The molecule has 0 radical (unpaired) electrons. The standard InChI is InChI=1S/C30H29F6N3O3/c1-17-3-5-20(6-4-17)25-23-7-9-37-15-24(23)28(42)39(10-8-18(2)16-40)26(25)27(41)38-14-19-11-21(29(31,32)33)13-22(12-19)30(34,35)36/h3-7,9,11-13,15,18,25-26,40H,8,10,14,16H2,1-2H3,(H,38,41)/t18?,25?,26-/m1/s1. The molecule has 4 rings (SSSR count). The van der Waals surface area contributed by atoms with E-state index in [9.17, 15) is 41.0 Å². The molecule has 0 aliphatic carbocycles. The number of fused-ring (bicyclic) bond motifs is 1. The maximum Gasteiger partial charge on any atom is 0.416 e. The summed E-state index contributed by atoms with van der Waals surface area (Å²) in [6, 6.07) is 8.84. The van der Waals surface area contributed by atoms with E-state index in [1.807, 2.05) is 19.1 Å². The summed E-state index contributed by atoms with van der Waals surface area (Å²) in [5, 5.41) is 12.0. The van der Waals surface area contributed by atoms with Gasteiger partial charge in [-0.05, 0) is 60.2 Å². The SMILES string of the molecule is Cc1ccc(C2c3ccncc3C(=O)N(CCC(C)CO)[C@H]2C(=O)NCc2cc(C(F)(F)F)cc(C(F)(F)F)c2)cc1. The first kappa shape index (κ1) is 31.0. The fourth-order valence-electron chi connectivity index (χ4n) is 5.02. The predicted octanol–water partition coefficient (Wildman–Crippen LogP) is 5.72. The summed E-state index contributed by atoms with van der Waals surface area (Å²) in [6.07, 6.45) is -6.86. The normalized spacial score (nSPS) is 18.0. The van der Waals surface area contributed by atoms with Crippen molar-refractivity contribution in [3.8, 4) is 0 Å². The van der Waals surface area contributed by atoms with Gasteiger partial charge < -0.3 is 15.3 Å². The summed E-state index contributed by atoms with van der Waals surface area (Å²) in [4.78, 5) is 32.9.